The molecule has 2 rings (SSSR count). The van der Waals surface area contributed by atoms with Gasteiger partial charge in [0.1, 0.15) is 0 Å². The maximum absolute atomic E-state index is 12.7. The van der Waals surface area contributed by atoms with Crippen molar-refractivity contribution in [2.45, 2.75) is 40.7 Å². The summed E-state index contributed by atoms with van der Waals surface area (Å²) < 4.78 is 5.04. The van der Waals surface area contributed by atoms with Gasteiger partial charge in [-0.25, -0.2) is 4.79 Å². The second-order valence-corrected chi connectivity index (χ2v) is 6.83. The van der Waals surface area contributed by atoms with Crippen molar-refractivity contribution in [1.29, 1.82) is 0 Å². The Kier molecular flexibility index (Phi) is 6.42. The van der Waals surface area contributed by atoms with Crippen molar-refractivity contribution >= 4 is 17.7 Å². The highest BCUT2D eigenvalue weighted by Gasteiger charge is 2.31. The van der Waals surface area contributed by atoms with Gasteiger partial charge in [-0.3, -0.25) is 9.69 Å². The average molecular weight is 348 g/mol. The summed E-state index contributed by atoms with van der Waals surface area (Å²) >= 11 is 0. The lowest BCUT2D eigenvalue weighted by atomic mass is 10.0. The lowest BCUT2D eigenvalue weighted by Gasteiger charge is -2.34. The van der Waals surface area contributed by atoms with Gasteiger partial charge in [-0.15, -0.1) is 0 Å². The van der Waals surface area contributed by atoms with Crippen LogP contribution >= 0.6 is 0 Å². The maximum atomic E-state index is 12.7. The Morgan fingerprint density at radius 2 is 1.76 bits per heavy atom. The molecule has 6 heteroatoms. The van der Waals surface area contributed by atoms with E-state index >= 15 is 0 Å². The van der Waals surface area contributed by atoms with Crippen molar-refractivity contribution in [1.82, 2.24) is 4.90 Å². The van der Waals surface area contributed by atoms with Crippen molar-refractivity contribution in [3.8, 4) is 0 Å². The second kappa shape index (κ2) is 8.34. The largest absolute Gasteiger partial charge is 0.450 e. The van der Waals surface area contributed by atoms with Crippen LogP contribution < -0.4 is 10.2 Å². The molecule has 1 saturated heterocycles. The van der Waals surface area contributed by atoms with E-state index < -0.39 is 0 Å². The van der Waals surface area contributed by atoms with E-state index in [1.54, 1.807) is 11.8 Å². The predicted molar refractivity (Wildman–Crippen MR) is 98.0 cm³/mol. The van der Waals surface area contributed by atoms with E-state index in [1.807, 2.05) is 20.8 Å². The Bertz CT molecular complexity index is 614. The van der Waals surface area contributed by atoms with E-state index in [0.717, 1.165) is 29.9 Å². The maximum Gasteiger partial charge on any atom is 0.410 e. The number of carbonyl (C=O) groups excluding carboxylic acids is 2. The summed E-state index contributed by atoms with van der Waals surface area (Å²) in [6.45, 7) is 13.0. The molecule has 0 aromatic heterocycles. The zero-order valence-electron chi connectivity index (χ0n) is 15.9. The van der Waals surface area contributed by atoms with Gasteiger partial charge >= 0.3 is 6.09 Å². The van der Waals surface area contributed by atoms with Gasteiger partial charge in [0.15, 0.2) is 6.04 Å². The zero-order valence-corrected chi connectivity index (χ0v) is 15.9. The molecular weight excluding hydrogens is 318 g/mol. The Morgan fingerprint density at radius 1 is 1.20 bits per heavy atom. The van der Waals surface area contributed by atoms with Gasteiger partial charge in [0.2, 0.25) is 0 Å². The highest BCUT2D eigenvalue weighted by Crippen LogP contribution is 2.21. The summed E-state index contributed by atoms with van der Waals surface area (Å²) in [5.41, 5.74) is 4.27. The molecule has 1 atom stereocenters. The topological polar surface area (TPSA) is 63.1 Å². The number of anilines is 1. The van der Waals surface area contributed by atoms with Crippen LogP contribution in [0.4, 0.5) is 10.5 Å². The van der Waals surface area contributed by atoms with E-state index in [1.165, 1.54) is 10.5 Å². The molecule has 2 amide bonds. The first-order valence-electron chi connectivity index (χ1n) is 8.98. The van der Waals surface area contributed by atoms with E-state index in [0.29, 0.717) is 19.7 Å². The second-order valence-electron chi connectivity index (χ2n) is 6.83. The Balaban J connectivity index is 1.94. The van der Waals surface area contributed by atoms with Crippen LogP contribution in [0.3, 0.4) is 0 Å². The molecular formula is C19H30N3O3+. The van der Waals surface area contributed by atoms with Crippen molar-refractivity contribution < 1.29 is 19.2 Å². The first kappa shape index (κ1) is 19.2. The smallest absolute Gasteiger partial charge is 0.410 e. The number of benzene rings is 1. The third kappa shape index (κ3) is 4.72. The fourth-order valence-corrected chi connectivity index (χ4v) is 3.42. The van der Waals surface area contributed by atoms with Gasteiger partial charge in [0, 0.05) is 5.69 Å². The number of rotatable bonds is 4. The molecule has 25 heavy (non-hydrogen) atoms. The number of nitrogens with one attached hydrogen (secondary N) is 2. The number of carbonyl (C=O) groups is 2. The lowest BCUT2D eigenvalue weighted by Crippen LogP contribution is -3.19. The van der Waals surface area contributed by atoms with Gasteiger partial charge in [0.05, 0.1) is 32.8 Å². The van der Waals surface area contributed by atoms with E-state index in [9.17, 15) is 9.59 Å². The summed E-state index contributed by atoms with van der Waals surface area (Å²) in [6.07, 6.45) is -0.260. The van der Waals surface area contributed by atoms with Crippen LogP contribution in [0, 0.1) is 20.8 Å². The van der Waals surface area contributed by atoms with Gasteiger partial charge in [-0.2, -0.15) is 0 Å². The van der Waals surface area contributed by atoms with E-state index in [4.69, 9.17) is 4.74 Å². The summed E-state index contributed by atoms with van der Waals surface area (Å²) in [6, 6.07) is 4.00. The molecule has 6 nitrogen and oxygen atoms in total. The molecule has 138 valence electrons. The standard InChI is InChI=1S/C19H29N3O3/c1-6-25-19(24)22-9-7-21(8-10-22)16(5)18(23)20-17-14(3)11-13(2)12-15(17)4/h11-12,16H,6-10H2,1-5H3,(H,20,23)/p+1/t16-/m0/s1. The molecule has 0 saturated carbocycles. The quantitative estimate of drug-likeness (QED) is 0.862. The predicted octanol–water partition coefficient (Wildman–Crippen LogP) is 1.30. The van der Waals surface area contributed by atoms with Crippen LogP contribution in [0.25, 0.3) is 0 Å². The number of ether oxygens (including phenoxy) is 1. The molecule has 0 spiro atoms. The Labute approximate surface area is 150 Å². The van der Waals surface area contributed by atoms with Crippen molar-refractivity contribution in [2.24, 2.45) is 0 Å². The SMILES string of the molecule is CCOC(=O)N1CC[NH+]([C@@H](C)C(=O)Nc2c(C)cc(C)cc2C)CC1. The van der Waals surface area contributed by atoms with Crippen molar-refractivity contribution in [3.63, 3.8) is 0 Å². The van der Waals surface area contributed by atoms with Gasteiger partial charge in [0.25, 0.3) is 5.91 Å². The average Bonchev–Trinajstić information content (AvgIpc) is 2.57. The number of piperazine rings is 1. The van der Waals surface area contributed by atoms with E-state index in [2.05, 4.69) is 24.4 Å². The first-order chi connectivity index (χ1) is 11.8. The molecule has 0 radical (unpaired) electrons. The number of hydrogen-bond donors (Lipinski definition) is 2. The summed E-state index contributed by atoms with van der Waals surface area (Å²) in [7, 11) is 0. The van der Waals surface area contributed by atoms with Crippen LogP contribution in [0.5, 0.6) is 0 Å². The molecule has 1 heterocycles. The summed E-state index contributed by atoms with van der Waals surface area (Å²) in [5.74, 6) is 0.0228. The zero-order chi connectivity index (χ0) is 18.6. The normalized spacial score (nSPS) is 16.4. The first-order valence-corrected chi connectivity index (χ1v) is 8.98. The van der Waals surface area contributed by atoms with Gasteiger partial charge in [-0.05, 0) is 45.7 Å². The number of aryl methyl sites for hydroxylation is 3. The van der Waals surface area contributed by atoms with Gasteiger partial charge in [-0.1, -0.05) is 17.7 Å². The molecule has 0 bridgehead atoms. The monoisotopic (exact) mass is 348 g/mol. The number of nitrogens with zero attached hydrogens (tertiary/aromatic N) is 1. The summed E-state index contributed by atoms with van der Waals surface area (Å²) in [4.78, 5) is 27.4. The van der Waals surface area contributed by atoms with Crippen LogP contribution in [0.15, 0.2) is 12.1 Å². The number of amides is 2. The van der Waals surface area contributed by atoms with Crippen LogP contribution in [0.1, 0.15) is 30.5 Å². The third-order valence-corrected chi connectivity index (χ3v) is 4.86. The minimum Gasteiger partial charge on any atom is -0.450 e. The molecule has 2 N–H and O–H groups in total. The number of quaternary nitrogens is 1. The summed E-state index contributed by atoms with van der Waals surface area (Å²) in [5, 5.41) is 3.09. The fourth-order valence-electron chi connectivity index (χ4n) is 3.42. The highest BCUT2D eigenvalue weighted by atomic mass is 16.6. The van der Waals surface area contributed by atoms with E-state index in [-0.39, 0.29) is 18.0 Å². The molecule has 0 unspecified atom stereocenters. The minimum atomic E-state index is -0.260. The molecule has 0 aliphatic carbocycles. The van der Waals surface area contributed by atoms with Crippen LogP contribution in [0.2, 0.25) is 0 Å². The van der Waals surface area contributed by atoms with Crippen molar-refractivity contribution in [2.75, 3.05) is 38.1 Å². The lowest BCUT2D eigenvalue weighted by molar-refractivity contribution is -0.917. The molecule has 1 aliphatic heterocycles. The minimum absolute atomic E-state index is 0.0228. The third-order valence-electron chi connectivity index (χ3n) is 4.86. The molecule has 1 aromatic carbocycles. The molecule has 1 aromatic rings. The molecule has 1 aliphatic rings. The van der Waals surface area contributed by atoms with Crippen LogP contribution in [-0.4, -0.2) is 55.7 Å². The molecule has 1 fully saturated rings. The Morgan fingerprint density at radius 3 is 2.28 bits per heavy atom. The van der Waals surface area contributed by atoms with Crippen molar-refractivity contribution in [3.05, 3.63) is 28.8 Å². The van der Waals surface area contributed by atoms with Gasteiger partial charge < -0.3 is 15.0 Å². The van der Waals surface area contributed by atoms with Crippen LogP contribution in [-0.2, 0) is 9.53 Å². The Hall–Kier alpha value is -2.08. The number of hydrogen-bond acceptors (Lipinski definition) is 3. The highest BCUT2D eigenvalue weighted by molar-refractivity contribution is 5.95. The fraction of sp³-hybridized carbons (Fsp3) is 0.579.